The van der Waals surface area contributed by atoms with Crippen LogP contribution in [0.2, 0.25) is 10.0 Å². The van der Waals surface area contributed by atoms with Gasteiger partial charge in [-0.1, -0.05) is 35.3 Å². The molecule has 2 aromatic rings. The van der Waals surface area contributed by atoms with Crippen LogP contribution in [0.5, 0.6) is 0 Å². The van der Waals surface area contributed by atoms with Crippen molar-refractivity contribution in [2.45, 2.75) is 6.10 Å². The summed E-state index contributed by atoms with van der Waals surface area (Å²) in [7, 11) is 0. The smallest absolute Gasteiger partial charge is 0.123 e. The quantitative estimate of drug-likeness (QED) is 0.825. The maximum Gasteiger partial charge on any atom is 0.123 e. The van der Waals surface area contributed by atoms with Crippen molar-refractivity contribution in [2.75, 3.05) is 5.73 Å². The van der Waals surface area contributed by atoms with Gasteiger partial charge in [-0.3, -0.25) is 0 Å². The first kappa shape index (κ1) is 13.1. The number of hydrogen-bond donors (Lipinski definition) is 2. The second-order valence-electron chi connectivity index (χ2n) is 3.82. The Labute approximate surface area is 114 Å². The number of hydrogen-bond acceptors (Lipinski definition) is 2. The van der Waals surface area contributed by atoms with E-state index in [1.807, 2.05) is 0 Å². The second kappa shape index (κ2) is 5.14. The third-order valence-corrected chi connectivity index (χ3v) is 3.45. The number of nitrogen functional groups attached to an aromatic ring is 1. The van der Waals surface area contributed by atoms with Gasteiger partial charge in [-0.2, -0.15) is 0 Å². The van der Waals surface area contributed by atoms with E-state index < -0.39 is 11.9 Å². The molecule has 1 atom stereocenters. The normalized spacial score (nSPS) is 12.4. The van der Waals surface area contributed by atoms with E-state index in [4.69, 9.17) is 28.9 Å². The summed E-state index contributed by atoms with van der Waals surface area (Å²) in [5.74, 6) is -0.476. The monoisotopic (exact) mass is 285 g/mol. The number of halogens is 3. The predicted molar refractivity (Wildman–Crippen MR) is 71.3 cm³/mol. The average Bonchev–Trinajstić information content (AvgIpc) is 2.35. The lowest BCUT2D eigenvalue weighted by Crippen LogP contribution is -2.05. The summed E-state index contributed by atoms with van der Waals surface area (Å²) in [6.07, 6.45) is -1.12. The molecule has 0 amide bonds. The van der Waals surface area contributed by atoms with Crippen molar-refractivity contribution in [3.63, 3.8) is 0 Å². The van der Waals surface area contributed by atoms with E-state index in [0.29, 0.717) is 16.3 Å². The summed E-state index contributed by atoms with van der Waals surface area (Å²) in [5.41, 5.74) is 6.66. The Morgan fingerprint density at radius 2 is 1.83 bits per heavy atom. The first-order chi connectivity index (χ1) is 8.50. The van der Waals surface area contributed by atoms with Gasteiger partial charge in [-0.15, -0.1) is 0 Å². The molecule has 94 valence electrons. The predicted octanol–water partition coefficient (Wildman–Crippen LogP) is 3.80. The lowest BCUT2D eigenvalue weighted by molar-refractivity contribution is 0.220. The molecule has 0 saturated heterocycles. The minimum absolute atomic E-state index is 0.232. The third kappa shape index (κ3) is 2.43. The van der Waals surface area contributed by atoms with Gasteiger partial charge in [-0.05, 0) is 24.3 Å². The number of anilines is 1. The van der Waals surface area contributed by atoms with Crippen LogP contribution in [0.1, 0.15) is 17.2 Å². The third-order valence-electron chi connectivity index (χ3n) is 2.62. The molecule has 3 N–H and O–H groups in total. The molecule has 0 aliphatic carbocycles. The van der Waals surface area contributed by atoms with Crippen LogP contribution >= 0.6 is 23.2 Å². The van der Waals surface area contributed by atoms with Gasteiger partial charge >= 0.3 is 0 Å². The van der Waals surface area contributed by atoms with Crippen LogP contribution < -0.4 is 5.73 Å². The maximum atomic E-state index is 13.2. The summed E-state index contributed by atoms with van der Waals surface area (Å²) in [6, 6.07) is 8.68. The fourth-order valence-electron chi connectivity index (χ4n) is 1.68. The van der Waals surface area contributed by atoms with Crippen LogP contribution in [0.3, 0.4) is 0 Å². The SMILES string of the molecule is Nc1ccc(F)cc1C(O)c1cccc(Cl)c1Cl. The molecule has 0 saturated carbocycles. The lowest BCUT2D eigenvalue weighted by atomic mass is 10.00. The van der Waals surface area contributed by atoms with E-state index in [2.05, 4.69) is 0 Å². The molecular formula is C13H10Cl2FNO. The highest BCUT2D eigenvalue weighted by molar-refractivity contribution is 6.42. The van der Waals surface area contributed by atoms with Crippen molar-refractivity contribution in [3.8, 4) is 0 Å². The van der Waals surface area contributed by atoms with Crippen LogP contribution in [0, 0.1) is 5.82 Å². The standard InChI is InChI=1S/C13H10Cl2FNO/c14-10-3-1-2-8(12(10)15)13(18)9-6-7(16)4-5-11(9)17/h1-6,13,18H,17H2. The molecule has 0 aromatic heterocycles. The molecule has 2 rings (SSSR count). The number of aliphatic hydroxyl groups is 1. The molecule has 0 heterocycles. The molecule has 1 unspecified atom stereocenters. The highest BCUT2D eigenvalue weighted by atomic mass is 35.5. The number of nitrogens with two attached hydrogens (primary N) is 1. The molecule has 18 heavy (non-hydrogen) atoms. The van der Waals surface area contributed by atoms with Crippen LogP contribution in [-0.4, -0.2) is 5.11 Å². The summed E-state index contributed by atoms with van der Waals surface area (Å²) < 4.78 is 13.2. The van der Waals surface area contributed by atoms with E-state index in [1.54, 1.807) is 18.2 Å². The molecule has 0 bridgehead atoms. The minimum Gasteiger partial charge on any atom is -0.398 e. The van der Waals surface area contributed by atoms with Gasteiger partial charge in [0.1, 0.15) is 11.9 Å². The minimum atomic E-state index is -1.12. The van der Waals surface area contributed by atoms with Crippen molar-refractivity contribution >= 4 is 28.9 Å². The van der Waals surface area contributed by atoms with Crippen molar-refractivity contribution in [3.05, 3.63) is 63.4 Å². The average molecular weight is 286 g/mol. The van der Waals surface area contributed by atoms with E-state index in [0.717, 1.165) is 0 Å². The molecule has 0 spiro atoms. The molecule has 0 radical (unpaired) electrons. The maximum absolute atomic E-state index is 13.2. The van der Waals surface area contributed by atoms with Crippen molar-refractivity contribution in [1.29, 1.82) is 0 Å². The van der Waals surface area contributed by atoms with Gasteiger partial charge < -0.3 is 10.8 Å². The zero-order chi connectivity index (χ0) is 13.3. The first-order valence-corrected chi connectivity index (χ1v) is 5.93. The van der Waals surface area contributed by atoms with Gasteiger partial charge in [0.25, 0.3) is 0 Å². The van der Waals surface area contributed by atoms with Gasteiger partial charge in [0.15, 0.2) is 0 Å². The van der Waals surface area contributed by atoms with E-state index >= 15 is 0 Å². The van der Waals surface area contributed by atoms with Crippen LogP contribution in [0.4, 0.5) is 10.1 Å². The largest absolute Gasteiger partial charge is 0.398 e. The Morgan fingerprint density at radius 1 is 1.11 bits per heavy atom. The van der Waals surface area contributed by atoms with Crippen molar-refractivity contribution in [2.24, 2.45) is 0 Å². The van der Waals surface area contributed by atoms with Gasteiger partial charge in [-0.25, -0.2) is 4.39 Å². The van der Waals surface area contributed by atoms with Crippen molar-refractivity contribution in [1.82, 2.24) is 0 Å². The van der Waals surface area contributed by atoms with Gasteiger partial charge in [0, 0.05) is 16.8 Å². The number of aliphatic hydroxyl groups excluding tert-OH is 1. The summed E-state index contributed by atoms with van der Waals surface area (Å²) in [5, 5.41) is 10.8. The summed E-state index contributed by atoms with van der Waals surface area (Å²) in [6.45, 7) is 0. The fourth-order valence-corrected chi connectivity index (χ4v) is 2.09. The Kier molecular flexibility index (Phi) is 3.76. The molecule has 0 aliphatic rings. The fraction of sp³-hybridized carbons (Fsp3) is 0.0769. The van der Waals surface area contributed by atoms with E-state index in [9.17, 15) is 9.50 Å². The second-order valence-corrected chi connectivity index (χ2v) is 4.60. The van der Waals surface area contributed by atoms with Crippen LogP contribution in [-0.2, 0) is 0 Å². The molecule has 5 heteroatoms. The molecular weight excluding hydrogens is 276 g/mol. The van der Waals surface area contributed by atoms with E-state index in [1.165, 1.54) is 18.2 Å². The summed E-state index contributed by atoms with van der Waals surface area (Å²) in [4.78, 5) is 0. The Balaban J connectivity index is 2.51. The highest BCUT2D eigenvalue weighted by Crippen LogP contribution is 2.35. The number of rotatable bonds is 2. The molecule has 0 aliphatic heterocycles. The molecule has 2 aromatic carbocycles. The zero-order valence-corrected chi connectivity index (χ0v) is 10.7. The lowest BCUT2D eigenvalue weighted by Gasteiger charge is -2.15. The van der Waals surface area contributed by atoms with Gasteiger partial charge in [0.2, 0.25) is 0 Å². The Hall–Kier alpha value is -1.29. The molecule has 2 nitrogen and oxygen atoms in total. The highest BCUT2D eigenvalue weighted by Gasteiger charge is 2.18. The topological polar surface area (TPSA) is 46.2 Å². The molecule has 0 fully saturated rings. The summed E-state index contributed by atoms with van der Waals surface area (Å²) >= 11 is 11.9. The van der Waals surface area contributed by atoms with Crippen molar-refractivity contribution < 1.29 is 9.50 Å². The van der Waals surface area contributed by atoms with Crippen LogP contribution in [0.25, 0.3) is 0 Å². The van der Waals surface area contributed by atoms with Gasteiger partial charge in [0.05, 0.1) is 10.0 Å². The van der Waals surface area contributed by atoms with E-state index in [-0.39, 0.29) is 10.6 Å². The zero-order valence-electron chi connectivity index (χ0n) is 9.20. The Morgan fingerprint density at radius 3 is 2.56 bits per heavy atom. The number of benzene rings is 2. The first-order valence-electron chi connectivity index (χ1n) is 5.17. The van der Waals surface area contributed by atoms with Crippen LogP contribution in [0.15, 0.2) is 36.4 Å². The Bertz CT molecular complexity index is 587.